The van der Waals surface area contributed by atoms with E-state index in [4.69, 9.17) is 0 Å². The van der Waals surface area contributed by atoms with E-state index >= 15 is 0 Å². The van der Waals surface area contributed by atoms with Crippen molar-refractivity contribution in [2.45, 2.75) is 31.7 Å². The summed E-state index contributed by atoms with van der Waals surface area (Å²) in [5, 5.41) is 2.28. The van der Waals surface area contributed by atoms with Crippen LogP contribution in [0, 0.1) is 0 Å². The Morgan fingerprint density at radius 3 is 2.52 bits per heavy atom. The molecule has 5 rings (SSSR count). The summed E-state index contributed by atoms with van der Waals surface area (Å²) in [6, 6.07) is 22.2. The molecule has 0 bridgehead atoms. The van der Waals surface area contributed by atoms with E-state index in [0.29, 0.717) is 6.42 Å². The normalized spacial score (nSPS) is 15.6. The van der Waals surface area contributed by atoms with Crippen molar-refractivity contribution in [3.05, 3.63) is 82.8 Å². The maximum absolute atomic E-state index is 12.6. The third-order valence-electron chi connectivity index (χ3n) is 6.50. The van der Waals surface area contributed by atoms with E-state index in [1.54, 1.807) is 0 Å². The molecule has 5 nitrogen and oxygen atoms in total. The van der Waals surface area contributed by atoms with E-state index in [1.807, 2.05) is 59.2 Å². The molecule has 1 fully saturated rings. The van der Waals surface area contributed by atoms with Gasteiger partial charge >= 0.3 is 5.69 Å². The fourth-order valence-electron chi connectivity index (χ4n) is 4.81. The van der Waals surface area contributed by atoms with Gasteiger partial charge in [-0.25, -0.2) is 4.79 Å². The Balaban J connectivity index is 1.14. The highest BCUT2D eigenvalue weighted by Gasteiger charge is 2.23. The monoisotopic (exact) mass is 413 g/mol. The van der Waals surface area contributed by atoms with Crippen molar-refractivity contribution in [1.29, 1.82) is 0 Å². The van der Waals surface area contributed by atoms with Gasteiger partial charge in [0.15, 0.2) is 5.78 Å². The number of ketones is 1. The van der Waals surface area contributed by atoms with Gasteiger partial charge in [-0.1, -0.05) is 48.5 Å². The lowest BCUT2D eigenvalue weighted by Crippen LogP contribution is -2.37. The molecular weight excluding hydrogens is 386 g/mol. The lowest BCUT2D eigenvalue weighted by atomic mass is 10.0. The van der Waals surface area contributed by atoms with Crippen molar-refractivity contribution in [2.75, 3.05) is 19.6 Å². The number of nitrogens with zero attached hydrogens (tertiary/aromatic N) is 2. The summed E-state index contributed by atoms with van der Waals surface area (Å²) in [4.78, 5) is 30.5. The molecule has 1 aliphatic rings. The van der Waals surface area contributed by atoms with Crippen LogP contribution >= 0.6 is 0 Å². The van der Waals surface area contributed by atoms with E-state index < -0.39 is 0 Å². The van der Waals surface area contributed by atoms with E-state index in [1.165, 1.54) is 0 Å². The second kappa shape index (κ2) is 8.52. The predicted molar refractivity (Wildman–Crippen MR) is 125 cm³/mol. The van der Waals surface area contributed by atoms with Crippen LogP contribution in [-0.4, -0.2) is 39.9 Å². The summed E-state index contributed by atoms with van der Waals surface area (Å²) >= 11 is 0. The fraction of sp³-hybridized carbons (Fsp3) is 0.308. The maximum Gasteiger partial charge on any atom is 0.326 e. The minimum atomic E-state index is -0.0133. The second-order valence-corrected chi connectivity index (χ2v) is 8.48. The van der Waals surface area contributed by atoms with Crippen LogP contribution in [0.25, 0.3) is 21.8 Å². The number of carbonyl (C=O) groups excluding carboxylic acids is 1. The number of piperidine rings is 1. The first kappa shape index (κ1) is 19.8. The van der Waals surface area contributed by atoms with Gasteiger partial charge in [0, 0.05) is 31.1 Å². The standard InChI is InChI=1S/C26H27N3O2/c30-25(21-12-11-19-6-1-2-7-20(19)18-21)10-5-15-28-16-13-22(14-17-28)29-24-9-4-3-8-23(24)27-26(29)31/h1-4,6-9,11-12,18,22H,5,10,13-17H2,(H,27,31). The van der Waals surface area contributed by atoms with Gasteiger partial charge in [-0.05, 0) is 54.8 Å². The molecule has 0 unspecified atom stereocenters. The molecule has 1 aliphatic heterocycles. The van der Waals surface area contributed by atoms with Crippen LogP contribution < -0.4 is 5.69 Å². The Bertz CT molecular complexity index is 1280. The van der Waals surface area contributed by atoms with Crippen LogP contribution in [-0.2, 0) is 0 Å². The first-order chi connectivity index (χ1) is 15.2. The number of para-hydroxylation sites is 2. The quantitative estimate of drug-likeness (QED) is 0.463. The molecule has 1 saturated heterocycles. The Labute approximate surface area is 181 Å². The SMILES string of the molecule is O=C(CCCN1CCC(n2c(=O)[nH]c3ccccc32)CC1)c1ccc2ccccc2c1. The first-order valence-corrected chi connectivity index (χ1v) is 11.1. The summed E-state index contributed by atoms with van der Waals surface area (Å²) in [5.74, 6) is 0.214. The highest BCUT2D eigenvalue weighted by Crippen LogP contribution is 2.25. The number of imidazole rings is 1. The molecule has 3 aromatic carbocycles. The first-order valence-electron chi connectivity index (χ1n) is 11.1. The van der Waals surface area contributed by atoms with Gasteiger partial charge < -0.3 is 9.88 Å². The Hall–Kier alpha value is -3.18. The third-order valence-corrected chi connectivity index (χ3v) is 6.50. The number of Topliss-reactive ketones (excluding diaryl/α,β-unsaturated/α-hetero) is 1. The predicted octanol–water partition coefficient (Wildman–Crippen LogP) is 4.78. The molecule has 2 heterocycles. The highest BCUT2D eigenvalue weighted by atomic mass is 16.1. The number of aromatic amines is 1. The molecule has 0 saturated carbocycles. The molecule has 0 amide bonds. The molecule has 158 valence electrons. The van der Waals surface area contributed by atoms with Crippen molar-refractivity contribution in [3.63, 3.8) is 0 Å². The molecule has 0 aliphatic carbocycles. The van der Waals surface area contributed by atoms with Crippen molar-refractivity contribution in [1.82, 2.24) is 14.5 Å². The molecule has 0 spiro atoms. The smallest absolute Gasteiger partial charge is 0.306 e. The Morgan fingerprint density at radius 2 is 1.68 bits per heavy atom. The largest absolute Gasteiger partial charge is 0.326 e. The molecule has 31 heavy (non-hydrogen) atoms. The van der Waals surface area contributed by atoms with Gasteiger partial charge in [0.1, 0.15) is 0 Å². The highest BCUT2D eigenvalue weighted by molar-refractivity contribution is 5.99. The summed E-state index contributed by atoms with van der Waals surface area (Å²) in [6.45, 7) is 2.84. The fourth-order valence-corrected chi connectivity index (χ4v) is 4.81. The van der Waals surface area contributed by atoms with Crippen LogP contribution in [0.1, 0.15) is 42.1 Å². The van der Waals surface area contributed by atoms with Crippen LogP contribution in [0.4, 0.5) is 0 Å². The van der Waals surface area contributed by atoms with Crippen molar-refractivity contribution in [3.8, 4) is 0 Å². The number of hydrogen-bond acceptors (Lipinski definition) is 3. The summed E-state index contributed by atoms with van der Waals surface area (Å²) in [6.07, 6.45) is 3.35. The molecule has 5 heteroatoms. The van der Waals surface area contributed by atoms with Gasteiger partial charge in [-0.2, -0.15) is 0 Å². The zero-order valence-corrected chi connectivity index (χ0v) is 17.6. The van der Waals surface area contributed by atoms with Gasteiger partial charge in [0.05, 0.1) is 11.0 Å². The number of hydrogen-bond donors (Lipinski definition) is 1. The Kier molecular flexibility index (Phi) is 5.43. The number of nitrogens with one attached hydrogen (secondary N) is 1. The summed E-state index contributed by atoms with van der Waals surface area (Å²) < 4.78 is 1.93. The summed E-state index contributed by atoms with van der Waals surface area (Å²) in [5.41, 5.74) is 2.69. The van der Waals surface area contributed by atoms with Gasteiger partial charge in [-0.15, -0.1) is 0 Å². The third kappa shape index (κ3) is 4.06. The van der Waals surface area contributed by atoms with E-state index in [9.17, 15) is 9.59 Å². The van der Waals surface area contributed by atoms with E-state index in [2.05, 4.69) is 22.0 Å². The molecule has 1 N–H and O–H groups in total. The zero-order chi connectivity index (χ0) is 21.2. The van der Waals surface area contributed by atoms with Crippen molar-refractivity contribution < 1.29 is 4.79 Å². The van der Waals surface area contributed by atoms with Crippen LogP contribution in [0.15, 0.2) is 71.5 Å². The molecule has 0 radical (unpaired) electrons. The maximum atomic E-state index is 12.6. The molecule has 4 aromatic rings. The van der Waals surface area contributed by atoms with Crippen LogP contribution in [0.5, 0.6) is 0 Å². The van der Waals surface area contributed by atoms with Crippen molar-refractivity contribution in [2.24, 2.45) is 0 Å². The van der Waals surface area contributed by atoms with Crippen molar-refractivity contribution >= 4 is 27.6 Å². The van der Waals surface area contributed by atoms with Gasteiger partial charge in [-0.3, -0.25) is 9.36 Å². The molecule has 1 aromatic heterocycles. The molecule has 0 atom stereocenters. The van der Waals surface area contributed by atoms with Crippen LogP contribution in [0.2, 0.25) is 0 Å². The average Bonchev–Trinajstić information content (AvgIpc) is 3.15. The topological polar surface area (TPSA) is 58.1 Å². The minimum absolute atomic E-state index is 0.0133. The number of carbonyl (C=O) groups is 1. The van der Waals surface area contributed by atoms with Crippen LogP contribution in [0.3, 0.4) is 0 Å². The van der Waals surface area contributed by atoms with E-state index in [0.717, 1.165) is 66.3 Å². The average molecular weight is 414 g/mol. The number of rotatable bonds is 6. The number of aromatic nitrogens is 2. The van der Waals surface area contributed by atoms with E-state index in [-0.39, 0.29) is 17.5 Å². The summed E-state index contributed by atoms with van der Waals surface area (Å²) in [7, 11) is 0. The second-order valence-electron chi connectivity index (χ2n) is 8.48. The lowest BCUT2D eigenvalue weighted by molar-refractivity contribution is 0.0970. The lowest BCUT2D eigenvalue weighted by Gasteiger charge is -2.32. The number of H-pyrrole nitrogens is 1. The Morgan fingerprint density at radius 1 is 0.935 bits per heavy atom. The van der Waals surface area contributed by atoms with Gasteiger partial charge in [0.25, 0.3) is 0 Å². The van der Waals surface area contributed by atoms with Gasteiger partial charge in [0.2, 0.25) is 0 Å². The molecular formula is C26H27N3O2. The zero-order valence-electron chi connectivity index (χ0n) is 17.6. The number of likely N-dealkylation sites (tertiary alicyclic amines) is 1. The minimum Gasteiger partial charge on any atom is -0.306 e. The number of benzene rings is 3. The number of fused-ring (bicyclic) bond motifs is 2.